The van der Waals surface area contributed by atoms with Crippen molar-refractivity contribution in [2.24, 2.45) is 0 Å². The van der Waals surface area contributed by atoms with E-state index in [1.807, 2.05) is 11.1 Å². The third-order valence-corrected chi connectivity index (χ3v) is 3.94. The fourth-order valence-corrected chi connectivity index (χ4v) is 2.79. The molecule has 1 atom stereocenters. The fourth-order valence-electron chi connectivity index (χ4n) is 2.42. The highest BCUT2D eigenvalue weighted by Gasteiger charge is 2.32. The fraction of sp³-hybridized carbons (Fsp3) is 0.417. The van der Waals surface area contributed by atoms with Gasteiger partial charge in [-0.1, -0.05) is 5.21 Å². The van der Waals surface area contributed by atoms with Crippen LogP contribution >= 0.6 is 15.9 Å². The van der Waals surface area contributed by atoms with E-state index in [0.29, 0.717) is 16.8 Å². The lowest BCUT2D eigenvalue weighted by molar-refractivity contribution is 0.0687. The Kier molecular flexibility index (Phi) is 3.37. The maximum absolute atomic E-state index is 12.4. The number of halogens is 1. The highest BCUT2D eigenvalue weighted by atomic mass is 79.9. The standard InChI is InChI=1S/C12H13BrN4O2/c13-10-3-7-19-11(10)12(18)17-5-1-2-9(17)8-16-6-4-14-15-16/h3-4,6-7,9H,1-2,5,8H2/t9-/m0/s1. The summed E-state index contributed by atoms with van der Waals surface area (Å²) in [7, 11) is 0. The lowest BCUT2D eigenvalue weighted by atomic mass is 10.2. The molecule has 0 bridgehead atoms. The molecule has 1 saturated heterocycles. The number of hydrogen-bond acceptors (Lipinski definition) is 4. The average molecular weight is 325 g/mol. The molecule has 0 N–H and O–H groups in total. The molecule has 100 valence electrons. The van der Waals surface area contributed by atoms with Gasteiger partial charge >= 0.3 is 0 Å². The summed E-state index contributed by atoms with van der Waals surface area (Å²) in [5, 5.41) is 7.73. The van der Waals surface area contributed by atoms with Crippen LogP contribution in [-0.4, -0.2) is 38.4 Å². The first-order valence-electron chi connectivity index (χ1n) is 6.14. The Morgan fingerprint density at radius 2 is 2.47 bits per heavy atom. The third kappa shape index (κ3) is 2.42. The summed E-state index contributed by atoms with van der Waals surface area (Å²) in [5.74, 6) is 0.296. The topological polar surface area (TPSA) is 64.2 Å². The summed E-state index contributed by atoms with van der Waals surface area (Å²) in [6.07, 6.45) is 6.95. The Labute approximate surface area is 118 Å². The quantitative estimate of drug-likeness (QED) is 0.865. The summed E-state index contributed by atoms with van der Waals surface area (Å²) in [4.78, 5) is 14.3. The van der Waals surface area contributed by atoms with Crippen molar-refractivity contribution in [2.45, 2.75) is 25.4 Å². The number of amides is 1. The predicted molar refractivity (Wildman–Crippen MR) is 70.5 cm³/mol. The Balaban J connectivity index is 1.76. The number of furan rings is 1. The zero-order valence-corrected chi connectivity index (χ0v) is 11.8. The summed E-state index contributed by atoms with van der Waals surface area (Å²) < 4.78 is 7.70. The van der Waals surface area contributed by atoms with Crippen molar-refractivity contribution >= 4 is 21.8 Å². The second-order valence-electron chi connectivity index (χ2n) is 4.52. The number of aromatic nitrogens is 3. The highest BCUT2D eigenvalue weighted by molar-refractivity contribution is 9.10. The van der Waals surface area contributed by atoms with Crippen LogP contribution in [0.5, 0.6) is 0 Å². The van der Waals surface area contributed by atoms with Crippen molar-refractivity contribution in [3.8, 4) is 0 Å². The van der Waals surface area contributed by atoms with Crippen LogP contribution in [0.4, 0.5) is 0 Å². The van der Waals surface area contributed by atoms with E-state index < -0.39 is 0 Å². The molecular formula is C12H13BrN4O2. The SMILES string of the molecule is O=C(c1occc1Br)N1CCC[C@H]1Cn1ccnn1. The maximum Gasteiger partial charge on any atom is 0.291 e. The molecule has 1 amide bonds. The Morgan fingerprint density at radius 3 is 3.16 bits per heavy atom. The zero-order chi connectivity index (χ0) is 13.2. The number of carbonyl (C=O) groups excluding carboxylic acids is 1. The first-order valence-corrected chi connectivity index (χ1v) is 6.93. The molecule has 7 heteroatoms. The van der Waals surface area contributed by atoms with Crippen molar-refractivity contribution in [3.63, 3.8) is 0 Å². The molecule has 1 aliphatic heterocycles. The van der Waals surface area contributed by atoms with Crippen molar-refractivity contribution in [1.29, 1.82) is 0 Å². The van der Waals surface area contributed by atoms with E-state index in [4.69, 9.17) is 4.42 Å². The highest BCUT2D eigenvalue weighted by Crippen LogP contribution is 2.25. The molecule has 0 aliphatic carbocycles. The second kappa shape index (κ2) is 5.16. The van der Waals surface area contributed by atoms with Crippen LogP contribution in [0.2, 0.25) is 0 Å². The number of hydrogen-bond donors (Lipinski definition) is 0. The van der Waals surface area contributed by atoms with Crippen molar-refractivity contribution in [1.82, 2.24) is 19.9 Å². The van der Waals surface area contributed by atoms with Gasteiger partial charge in [0.15, 0.2) is 0 Å². The van der Waals surface area contributed by atoms with E-state index in [1.54, 1.807) is 16.9 Å². The molecular weight excluding hydrogens is 312 g/mol. The maximum atomic E-state index is 12.4. The monoisotopic (exact) mass is 324 g/mol. The van der Waals surface area contributed by atoms with Gasteiger partial charge in [-0.25, -0.2) is 0 Å². The lowest BCUT2D eigenvalue weighted by Gasteiger charge is -2.23. The molecule has 0 spiro atoms. The Hall–Kier alpha value is -1.63. The van der Waals surface area contributed by atoms with Crippen LogP contribution in [0, 0.1) is 0 Å². The Morgan fingerprint density at radius 1 is 1.58 bits per heavy atom. The summed E-state index contributed by atoms with van der Waals surface area (Å²) in [5.41, 5.74) is 0. The third-order valence-electron chi connectivity index (χ3n) is 3.32. The van der Waals surface area contributed by atoms with E-state index in [2.05, 4.69) is 26.2 Å². The van der Waals surface area contributed by atoms with E-state index in [0.717, 1.165) is 19.4 Å². The van der Waals surface area contributed by atoms with Gasteiger partial charge in [-0.15, -0.1) is 5.10 Å². The van der Waals surface area contributed by atoms with Gasteiger partial charge in [0.25, 0.3) is 5.91 Å². The van der Waals surface area contributed by atoms with Gasteiger partial charge in [-0.05, 0) is 34.8 Å². The van der Waals surface area contributed by atoms with E-state index in [9.17, 15) is 4.79 Å². The van der Waals surface area contributed by atoms with Gasteiger partial charge in [-0.2, -0.15) is 0 Å². The molecule has 0 radical (unpaired) electrons. The molecule has 3 heterocycles. The summed E-state index contributed by atoms with van der Waals surface area (Å²) in [6.45, 7) is 1.43. The van der Waals surface area contributed by atoms with Crippen LogP contribution in [0.3, 0.4) is 0 Å². The second-order valence-corrected chi connectivity index (χ2v) is 5.37. The minimum absolute atomic E-state index is 0.0699. The van der Waals surface area contributed by atoms with Crippen LogP contribution in [0.15, 0.2) is 33.6 Å². The molecule has 19 heavy (non-hydrogen) atoms. The number of rotatable bonds is 3. The summed E-state index contributed by atoms with van der Waals surface area (Å²) >= 11 is 3.33. The van der Waals surface area contributed by atoms with E-state index >= 15 is 0 Å². The largest absolute Gasteiger partial charge is 0.458 e. The van der Waals surface area contributed by atoms with E-state index in [1.165, 1.54) is 6.26 Å². The van der Waals surface area contributed by atoms with Crippen molar-refractivity contribution < 1.29 is 9.21 Å². The Bertz CT molecular complexity index is 566. The van der Waals surface area contributed by atoms with Crippen LogP contribution < -0.4 is 0 Å². The minimum Gasteiger partial charge on any atom is -0.458 e. The van der Waals surface area contributed by atoms with Gasteiger partial charge < -0.3 is 9.32 Å². The molecule has 0 aromatic carbocycles. The van der Waals surface area contributed by atoms with E-state index in [-0.39, 0.29) is 11.9 Å². The van der Waals surface area contributed by atoms with Gasteiger partial charge in [0.05, 0.1) is 29.5 Å². The molecule has 6 nitrogen and oxygen atoms in total. The normalized spacial score (nSPS) is 19.0. The van der Waals surface area contributed by atoms with Crippen LogP contribution in [0.1, 0.15) is 23.4 Å². The van der Waals surface area contributed by atoms with Gasteiger partial charge in [0.1, 0.15) is 0 Å². The molecule has 1 fully saturated rings. The number of carbonyl (C=O) groups is 1. The van der Waals surface area contributed by atoms with Gasteiger partial charge in [-0.3, -0.25) is 9.48 Å². The lowest BCUT2D eigenvalue weighted by Crippen LogP contribution is -2.38. The molecule has 2 aromatic heterocycles. The first kappa shape index (κ1) is 12.4. The average Bonchev–Trinajstić information content (AvgIpc) is 3.10. The molecule has 3 rings (SSSR count). The molecule has 2 aromatic rings. The van der Waals surface area contributed by atoms with Crippen LogP contribution in [-0.2, 0) is 6.54 Å². The minimum atomic E-state index is -0.0699. The van der Waals surface area contributed by atoms with Crippen LogP contribution in [0.25, 0.3) is 0 Å². The first-order chi connectivity index (χ1) is 9.25. The zero-order valence-electron chi connectivity index (χ0n) is 10.2. The van der Waals surface area contributed by atoms with Crippen molar-refractivity contribution in [2.75, 3.05) is 6.54 Å². The predicted octanol–water partition coefficient (Wildman–Crippen LogP) is 1.94. The molecule has 1 aliphatic rings. The molecule has 0 unspecified atom stereocenters. The number of likely N-dealkylation sites (tertiary alicyclic amines) is 1. The van der Waals surface area contributed by atoms with Gasteiger partial charge in [0, 0.05) is 12.7 Å². The molecule has 0 saturated carbocycles. The number of nitrogens with zero attached hydrogens (tertiary/aromatic N) is 4. The van der Waals surface area contributed by atoms with Crippen molar-refractivity contribution in [3.05, 3.63) is 35.0 Å². The smallest absolute Gasteiger partial charge is 0.291 e. The van der Waals surface area contributed by atoms with Gasteiger partial charge in [0.2, 0.25) is 5.76 Å². The summed E-state index contributed by atoms with van der Waals surface area (Å²) in [6, 6.07) is 1.88.